The molecule has 1 unspecified atom stereocenters. The first kappa shape index (κ1) is 15.9. The summed E-state index contributed by atoms with van der Waals surface area (Å²) in [5, 5.41) is 3.94. The monoisotopic (exact) mass is 309 g/mol. The summed E-state index contributed by atoms with van der Waals surface area (Å²) in [5.74, 6) is -1.17. The van der Waals surface area contributed by atoms with Gasteiger partial charge in [-0.25, -0.2) is 8.78 Å². The topological polar surface area (TPSA) is 12.0 Å². The molecule has 0 heterocycles. The molecule has 0 radical (unpaired) electrons. The van der Waals surface area contributed by atoms with E-state index in [9.17, 15) is 8.78 Å². The molecule has 0 aliphatic carbocycles. The smallest absolute Gasteiger partial charge is 0.133 e. The molecule has 21 heavy (non-hydrogen) atoms. The Morgan fingerprint density at radius 3 is 2.52 bits per heavy atom. The Kier molecular flexibility index (Phi) is 5.32. The molecular formula is C17H18ClF2N. The lowest BCUT2D eigenvalue weighted by Gasteiger charge is -2.16. The van der Waals surface area contributed by atoms with Gasteiger partial charge < -0.3 is 5.32 Å². The molecule has 4 heteroatoms. The van der Waals surface area contributed by atoms with Gasteiger partial charge >= 0.3 is 0 Å². The van der Waals surface area contributed by atoms with Crippen LogP contribution in [0.3, 0.4) is 0 Å². The molecule has 0 aromatic heterocycles. The molecule has 0 spiro atoms. The van der Waals surface area contributed by atoms with Gasteiger partial charge in [-0.1, -0.05) is 30.7 Å². The second-order valence-corrected chi connectivity index (χ2v) is 5.44. The second kappa shape index (κ2) is 7.01. The number of hydrogen-bond acceptors (Lipinski definition) is 1. The minimum atomic E-state index is -0.587. The molecule has 0 fully saturated rings. The quantitative estimate of drug-likeness (QED) is 0.785. The Bertz CT molecular complexity index is 628. The molecule has 1 nitrogen and oxygen atoms in total. The SMILES string of the molecule is CCCNC(C)c1ccc(-c2ccc(F)cc2F)cc1Cl. The number of rotatable bonds is 5. The molecule has 0 aliphatic heterocycles. The summed E-state index contributed by atoms with van der Waals surface area (Å²) in [4.78, 5) is 0. The molecule has 0 aliphatic rings. The summed E-state index contributed by atoms with van der Waals surface area (Å²) in [6, 6.07) is 9.08. The Morgan fingerprint density at radius 2 is 1.90 bits per heavy atom. The number of halogens is 3. The van der Waals surface area contributed by atoms with Crippen LogP contribution >= 0.6 is 11.6 Å². The van der Waals surface area contributed by atoms with E-state index in [-0.39, 0.29) is 6.04 Å². The van der Waals surface area contributed by atoms with E-state index < -0.39 is 11.6 Å². The van der Waals surface area contributed by atoms with Gasteiger partial charge in [0.25, 0.3) is 0 Å². The number of benzene rings is 2. The van der Waals surface area contributed by atoms with Crippen molar-refractivity contribution < 1.29 is 8.78 Å². The van der Waals surface area contributed by atoms with Gasteiger partial charge in [0, 0.05) is 22.7 Å². The van der Waals surface area contributed by atoms with Crippen LogP contribution in [0.2, 0.25) is 5.02 Å². The standard InChI is InChI=1S/C17H18ClF2N/c1-3-8-21-11(2)14-6-4-12(9-16(14)18)15-7-5-13(19)10-17(15)20/h4-7,9-11,21H,3,8H2,1-2H3. The van der Waals surface area contributed by atoms with E-state index in [2.05, 4.69) is 12.2 Å². The Labute approximate surface area is 128 Å². The predicted octanol–water partition coefficient (Wildman–Crippen LogP) is 5.35. The van der Waals surface area contributed by atoms with Crippen LogP contribution in [-0.2, 0) is 0 Å². The van der Waals surface area contributed by atoms with Crippen molar-refractivity contribution in [1.82, 2.24) is 5.32 Å². The van der Waals surface area contributed by atoms with E-state index in [0.29, 0.717) is 16.1 Å². The van der Waals surface area contributed by atoms with Crippen LogP contribution < -0.4 is 5.32 Å². The largest absolute Gasteiger partial charge is 0.310 e. The van der Waals surface area contributed by atoms with E-state index in [1.165, 1.54) is 12.1 Å². The molecule has 112 valence electrons. The Hall–Kier alpha value is -1.45. The first-order chi connectivity index (χ1) is 10.0. The van der Waals surface area contributed by atoms with Crippen molar-refractivity contribution in [2.24, 2.45) is 0 Å². The van der Waals surface area contributed by atoms with E-state index in [0.717, 1.165) is 24.6 Å². The van der Waals surface area contributed by atoms with Crippen LogP contribution in [0.5, 0.6) is 0 Å². The lowest BCUT2D eigenvalue weighted by molar-refractivity contribution is 0.571. The third-order valence-electron chi connectivity index (χ3n) is 3.41. The van der Waals surface area contributed by atoms with E-state index in [4.69, 9.17) is 11.6 Å². The first-order valence-corrected chi connectivity index (χ1v) is 7.39. The normalized spacial score (nSPS) is 12.4. The zero-order chi connectivity index (χ0) is 15.4. The molecule has 1 atom stereocenters. The summed E-state index contributed by atoms with van der Waals surface area (Å²) in [6.07, 6.45) is 1.04. The highest BCUT2D eigenvalue weighted by atomic mass is 35.5. The lowest BCUT2D eigenvalue weighted by atomic mass is 10.0. The lowest BCUT2D eigenvalue weighted by Crippen LogP contribution is -2.19. The van der Waals surface area contributed by atoms with E-state index in [1.807, 2.05) is 19.1 Å². The van der Waals surface area contributed by atoms with Crippen LogP contribution in [-0.4, -0.2) is 6.54 Å². The van der Waals surface area contributed by atoms with Gasteiger partial charge in [0.15, 0.2) is 0 Å². The van der Waals surface area contributed by atoms with E-state index in [1.54, 1.807) is 6.07 Å². The van der Waals surface area contributed by atoms with Crippen molar-refractivity contribution in [1.29, 1.82) is 0 Å². The summed E-state index contributed by atoms with van der Waals surface area (Å²) in [6.45, 7) is 5.04. The average Bonchev–Trinajstić information content (AvgIpc) is 2.44. The maximum Gasteiger partial charge on any atom is 0.133 e. The fourth-order valence-electron chi connectivity index (χ4n) is 2.24. The van der Waals surface area contributed by atoms with Crippen LogP contribution in [0.4, 0.5) is 8.78 Å². The highest BCUT2D eigenvalue weighted by molar-refractivity contribution is 6.31. The molecule has 0 bridgehead atoms. The summed E-state index contributed by atoms with van der Waals surface area (Å²) in [7, 11) is 0. The zero-order valence-corrected chi connectivity index (χ0v) is 12.8. The second-order valence-electron chi connectivity index (χ2n) is 5.04. The maximum atomic E-state index is 13.8. The first-order valence-electron chi connectivity index (χ1n) is 7.01. The third-order valence-corrected chi connectivity index (χ3v) is 3.74. The highest BCUT2D eigenvalue weighted by Crippen LogP contribution is 2.30. The van der Waals surface area contributed by atoms with Crippen LogP contribution in [0.25, 0.3) is 11.1 Å². The van der Waals surface area contributed by atoms with Gasteiger partial charge in [0.2, 0.25) is 0 Å². The minimum absolute atomic E-state index is 0.129. The Balaban J connectivity index is 2.30. The fourth-order valence-corrected chi connectivity index (χ4v) is 2.58. The average molecular weight is 310 g/mol. The van der Waals surface area contributed by atoms with Gasteiger partial charge in [0.05, 0.1) is 0 Å². The molecular weight excluding hydrogens is 292 g/mol. The fraction of sp³-hybridized carbons (Fsp3) is 0.294. The molecule has 2 rings (SSSR count). The van der Waals surface area contributed by atoms with Crippen molar-refractivity contribution >= 4 is 11.6 Å². The maximum absolute atomic E-state index is 13.8. The van der Waals surface area contributed by atoms with Crippen molar-refractivity contribution in [3.63, 3.8) is 0 Å². The van der Waals surface area contributed by atoms with Gasteiger partial charge in [0.1, 0.15) is 11.6 Å². The van der Waals surface area contributed by atoms with Crippen LogP contribution in [0, 0.1) is 11.6 Å². The Morgan fingerprint density at radius 1 is 1.14 bits per heavy atom. The zero-order valence-electron chi connectivity index (χ0n) is 12.1. The van der Waals surface area contributed by atoms with Crippen LogP contribution in [0.1, 0.15) is 31.9 Å². The molecule has 2 aromatic carbocycles. The van der Waals surface area contributed by atoms with Crippen molar-refractivity contribution in [3.8, 4) is 11.1 Å². The van der Waals surface area contributed by atoms with Gasteiger partial charge in [-0.2, -0.15) is 0 Å². The van der Waals surface area contributed by atoms with Gasteiger partial charge in [-0.3, -0.25) is 0 Å². The molecule has 0 saturated heterocycles. The van der Waals surface area contributed by atoms with Gasteiger partial charge in [-0.15, -0.1) is 0 Å². The highest BCUT2D eigenvalue weighted by Gasteiger charge is 2.12. The molecule has 0 saturated carbocycles. The van der Waals surface area contributed by atoms with Crippen molar-refractivity contribution in [3.05, 3.63) is 58.6 Å². The number of hydrogen-bond donors (Lipinski definition) is 1. The summed E-state index contributed by atoms with van der Waals surface area (Å²) >= 11 is 6.30. The molecule has 1 N–H and O–H groups in total. The third kappa shape index (κ3) is 3.80. The summed E-state index contributed by atoms with van der Waals surface area (Å²) < 4.78 is 26.8. The summed E-state index contributed by atoms with van der Waals surface area (Å²) in [5.41, 5.74) is 1.96. The van der Waals surface area contributed by atoms with Gasteiger partial charge in [-0.05, 0) is 49.2 Å². The minimum Gasteiger partial charge on any atom is -0.310 e. The van der Waals surface area contributed by atoms with E-state index >= 15 is 0 Å². The molecule has 0 amide bonds. The predicted molar refractivity (Wildman–Crippen MR) is 83.5 cm³/mol. The number of nitrogens with one attached hydrogen (secondary N) is 1. The van der Waals surface area contributed by atoms with Crippen LogP contribution in [0.15, 0.2) is 36.4 Å². The van der Waals surface area contributed by atoms with Crippen molar-refractivity contribution in [2.75, 3.05) is 6.54 Å². The molecule has 2 aromatic rings. The van der Waals surface area contributed by atoms with Crippen molar-refractivity contribution in [2.45, 2.75) is 26.3 Å².